The fourth-order valence-electron chi connectivity index (χ4n) is 6.36. The molecule has 3 aromatic carbocycles. The van der Waals surface area contributed by atoms with E-state index < -0.39 is 20.0 Å². The summed E-state index contributed by atoms with van der Waals surface area (Å²) >= 11 is 0. The summed E-state index contributed by atoms with van der Waals surface area (Å²) in [6.45, 7) is 6.01. The topological polar surface area (TPSA) is 108 Å². The first-order chi connectivity index (χ1) is 20.1. The van der Waals surface area contributed by atoms with E-state index in [2.05, 4.69) is 5.32 Å². The second-order valence-electron chi connectivity index (χ2n) is 12.0. The molecule has 2 aliphatic rings. The van der Waals surface area contributed by atoms with Crippen molar-refractivity contribution in [2.45, 2.75) is 63.2 Å². The van der Waals surface area contributed by atoms with E-state index in [1.807, 2.05) is 74.6 Å². The Balaban J connectivity index is 1.38. The number of anilines is 1. The van der Waals surface area contributed by atoms with Gasteiger partial charge in [0.25, 0.3) is 5.91 Å². The van der Waals surface area contributed by atoms with Crippen molar-refractivity contribution >= 4 is 25.8 Å². The number of nitrogens with zero attached hydrogens (tertiary/aromatic N) is 1. The highest BCUT2D eigenvalue weighted by atomic mass is 28.4. The van der Waals surface area contributed by atoms with Crippen LogP contribution in [0.4, 0.5) is 5.69 Å². The summed E-state index contributed by atoms with van der Waals surface area (Å²) in [7, 11) is -1.29. The molecule has 0 saturated heterocycles. The summed E-state index contributed by atoms with van der Waals surface area (Å²) in [5, 5.41) is 13.1. The SMILES string of the molecule is CO[C@H]1c2cc(NC(=O)c3ccccc3)ccc2O[C@@H](C(CC(=O)N2Cc3ccccc3C[C@H]2CO)[Si](C)(C)O)[C@@H]1C. The van der Waals surface area contributed by atoms with Crippen molar-refractivity contribution in [3.8, 4) is 5.75 Å². The molecule has 0 aromatic heterocycles. The number of aliphatic hydroxyl groups excluding tert-OH is 1. The van der Waals surface area contributed by atoms with Gasteiger partial charge in [0.2, 0.25) is 5.91 Å². The van der Waals surface area contributed by atoms with Crippen molar-refractivity contribution in [2.75, 3.05) is 19.0 Å². The molecule has 5 rings (SSSR count). The van der Waals surface area contributed by atoms with Gasteiger partial charge in [-0.05, 0) is 61.0 Å². The van der Waals surface area contributed by atoms with Crippen LogP contribution in [0.2, 0.25) is 18.6 Å². The molecule has 0 aliphatic carbocycles. The van der Waals surface area contributed by atoms with E-state index in [1.54, 1.807) is 30.2 Å². The molecule has 8 nitrogen and oxygen atoms in total. The number of aliphatic hydroxyl groups is 1. The van der Waals surface area contributed by atoms with Gasteiger partial charge >= 0.3 is 0 Å². The van der Waals surface area contributed by atoms with Gasteiger partial charge in [0.1, 0.15) is 11.9 Å². The van der Waals surface area contributed by atoms with Crippen LogP contribution in [0, 0.1) is 5.92 Å². The second kappa shape index (κ2) is 12.4. The lowest BCUT2D eigenvalue weighted by atomic mass is 9.86. The Morgan fingerprint density at radius 2 is 1.76 bits per heavy atom. The van der Waals surface area contributed by atoms with Crippen molar-refractivity contribution in [3.63, 3.8) is 0 Å². The first-order valence-corrected chi connectivity index (χ1v) is 17.5. The maximum Gasteiger partial charge on any atom is 0.255 e. The van der Waals surface area contributed by atoms with Crippen LogP contribution in [0.5, 0.6) is 5.75 Å². The molecule has 9 heteroatoms. The number of hydrogen-bond donors (Lipinski definition) is 3. The lowest BCUT2D eigenvalue weighted by Gasteiger charge is -2.44. The summed E-state index contributed by atoms with van der Waals surface area (Å²) in [6, 6.07) is 22.2. The predicted molar refractivity (Wildman–Crippen MR) is 164 cm³/mol. The molecule has 5 atom stereocenters. The van der Waals surface area contributed by atoms with E-state index in [9.17, 15) is 19.5 Å². The average molecular weight is 589 g/mol. The largest absolute Gasteiger partial charge is 0.490 e. The summed E-state index contributed by atoms with van der Waals surface area (Å²) in [5.41, 5.74) is 3.81. The lowest BCUT2D eigenvalue weighted by molar-refractivity contribution is -0.136. The van der Waals surface area contributed by atoms with Gasteiger partial charge in [0, 0.05) is 48.3 Å². The molecule has 0 fully saturated rings. The molecule has 1 unspecified atom stereocenters. The highest BCUT2D eigenvalue weighted by molar-refractivity contribution is 6.71. The van der Waals surface area contributed by atoms with E-state index >= 15 is 0 Å². The summed E-state index contributed by atoms with van der Waals surface area (Å²) in [4.78, 5) is 39.8. The molecule has 0 saturated carbocycles. The van der Waals surface area contributed by atoms with Gasteiger partial charge in [-0.2, -0.15) is 0 Å². The third kappa shape index (κ3) is 6.15. The molecule has 3 aromatic rings. The maximum atomic E-state index is 13.8. The number of carbonyl (C=O) groups excluding carboxylic acids is 2. The number of ether oxygens (including phenoxy) is 2. The molecule has 0 bridgehead atoms. The van der Waals surface area contributed by atoms with Crippen molar-refractivity contribution in [1.82, 2.24) is 4.90 Å². The monoisotopic (exact) mass is 588 g/mol. The van der Waals surface area contributed by atoms with Crippen molar-refractivity contribution in [3.05, 3.63) is 95.1 Å². The van der Waals surface area contributed by atoms with Crippen LogP contribution in [0.25, 0.3) is 0 Å². The molecule has 42 heavy (non-hydrogen) atoms. The van der Waals surface area contributed by atoms with Crippen molar-refractivity contribution < 1.29 is 29.0 Å². The summed E-state index contributed by atoms with van der Waals surface area (Å²) in [5.74, 6) is 0.117. The number of nitrogens with one attached hydrogen (secondary N) is 1. The van der Waals surface area contributed by atoms with Crippen LogP contribution in [-0.2, 0) is 22.5 Å². The quantitative estimate of drug-likeness (QED) is 0.322. The van der Waals surface area contributed by atoms with Gasteiger partial charge < -0.3 is 29.6 Å². The number of benzene rings is 3. The first-order valence-electron chi connectivity index (χ1n) is 14.5. The molecule has 0 spiro atoms. The number of methoxy groups -OCH3 is 1. The molecule has 2 heterocycles. The second-order valence-corrected chi connectivity index (χ2v) is 16.0. The fraction of sp³-hybridized carbons (Fsp3) is 0.394. The standard InChI is InChI=1S/C33H40N2O6Si/c1-21-31(40-2)27-17-25(34-33(38)22-10-6-5-7-11-22)14-15-28(27)41-32(21)29(42(3,4)39)18-30(37)35-19-24-13-9-8-12-23(24)16-26(35)20-36/h5-15,17,21,26,29,31-32,36,39H,16,18-20H2,1-4H3,(H,34,38)/t21-,26+,29?,31-,32-/m1/s1. The van der Waals surface area contributed by atoms with E-state index in [0.717, 1.165) is 16.7 Å². The molecule has 2 amide bonds. The molecule has 3 N–H and O–H groups in total. The van der Waals surface area contributed by atoms with E-state index in [0.29, 0.717) is 30.0 Å². The third-order valence-corrected chi connectivity index (χ3v) is 11.1. The van der Waals surface area contributed by atoms with Crippen LogP contribution < -0.4 is 10.1 Å². The van der Waals surface area contributed by atoms with E-state index in [-0.39, 0.29) is 42.9 Å². The Labute approximate surface area is 248 Å². The first kappa shape index (κ1) is 30.0. The molecule has 222 valence electrons. The highest BCUT2D eigenvalue weighted by Gasteiger charge is 2.48. The number of amides is 2. The lowest BCUT2D eigenvalue weighted by Crippen LogP contribution is -2.52. The molecular formula is C33H40N2O6Si. The summed E-state index contributed by atoms with van der Waals surface area (Å²) in [6.07, 6.45) is -0.122. The van der Waals surface area contributed by atoms with Gasteiger partial charge in [0.05, 0.1) is 18.8 Å². The van der Waals surface area contributed by atoms with Gasteiger partial charge in [-0.1, -0.05) is 49.4 Å². The Hall–Kier alpha value is -3.50. The maximum absolute atomic E-state index is 13.8. The van der Waals surface area contributed by atoms with Gasteiger partial charge in [0.15, 0.2) is 8.32 Å². The predicted octanol–water partition coefficient (Wildman–Crippen LogP) is 4.93. The Kier molecular flexibility index (Phi) is 8.84. The average Bonchev–Trinajstić information content (AvgIpc) is 2.99. The minimum absolute atomic E-state index is 0.0993. The van der Waals surface area contributed by atoms with Gasteiger partial charge in [-0.3, -0.25) is 9.59 Å². The van der Waals surface area contributed by atoms with E-state index in [4.69, 9.17) is 9.47 Å². The van der Waals surface area contributed by atoms with E-state index in [1.165, 1.54) is 0 Å². The van der Waals surface area contributed by atoms with Crippen LogP contribution >= 0.6 is 0 Å². The zero-order chi connectivity index (χ0) is 30.0. The third-order valence-electron chi connectivity index (χ3n) is 8.71. The number of hydrogen-bond acceptors (Lipinski definition) is 6. The minimum atomic E-state index is -2.93. The zero-order valence-electron chi connectivity index (χ0n) is 24.6. The Morgan fingerprint density at radius 3 is 2.43 bits per heavy atom. The molecular weight excluding hydrogens is 548 g/mol. The van der Waals surface area contributed by atoms with Crippen LogP contribution in [-0.4, -0.2) is 60.8 Å². The Bertz CT molecular complexity index is 1430. The summed E-state index contributed by atoms with van der Waals surface area (Å²) < 4.78 is 12.5. The molecule has 0 radical (unpaired) electrons. The minimum Gasteiger partial charge on any atom is -0.490 e. The molecule has 2 aliphatic heterocycles. The van der Waals surface area contributed by atoms with Crippen LogP contribution in [0.1, 0.15) is 46.5 Å². The van der Waals surface area contributed by atoms with Crippen molar-refractivity contribution in [1.29, 1.82) is 0 Å². The van der Waals surface area contributed by atoms with Gasteiger partial charge in [-0.15, -0.1) is 0 Å². The van der Waals surface area contributed by atoms with Crippen LogP contribution in [0.3, 0.4) is 0 Å². The van der Waals surface area contributed by atoms with Crippen LogP contribution in [0.15, 0.2) is 72.8 Å². The Morgan fingerprint density at radius 1 is 1.07 bits per heavy atom. The fourth-order valence-corrected chi connectivity index (χ4v) is 8.21. The number of fused-ring (bicyclic) bond motifs is 2. The number of carbonyl (C=O) groups is 2. The highest BCUT2D eigenvalue weighted by Crippen LogP contribution is 2.47. The number of rotatable bonds is 8. The normalized spacial score (nSPS) is 22.4. The smallest absolute Gasteiger partial charge is 0.255 e. The van der Waals surface area contributed by atoms with Gasteiger partial charge in [-0.25, -0.2) is 0 Å². The van der Waals surface area contributed by atoms with Crippen molar-refractivity contribution in [2.24, 2.45) is 5.92 Å². The zero-order valence-corrected chi connectivity index (χ0v) is 25.6.